The number of carboxylic acids is 1. The number of fused-ring (bicyclic) bond motifs is 1. The Morgan fingerprint density at radius 3 is 2.76 bits per heavy atom. The van der Waals surface area contributed by atoms with Gasteiger partial charge in [0, 0.05) is 6.42 Å². The fourth-order valence-electron chi connectivity index (χ4n) is 1.26. The summed E-state index contributed by atoms with van der Waals surface area (Å²) >= 11 is 0. The molecule has 17 heavy (non-hydrogen) atoms. The van der Waals surface area contributed by atoms with Crippen LogP contribution in [0.4, 0.5) is 0 Å². The van der Waals surface area contributed by atoms with Gasteiger partial charge in [-0.3, -0.25) is 4.79 Å². The van der Waals surface area contributed by atoms with Gasteiger partial charge in [0.25, 0.3) is 0 Å². The van der Waals surface area contributed by atoms with Crippen molar-refractivity contribution < 1.29 is 9.90 Å². The zero-order valence-corrected chi connectivity index (χ0v) is 10.2. The lowest BCUT2D eigenvalue weighted by molar-refractivity contribution is -0.138. The predicted molar refractivity (Wildman–Crippen MR) is 65.5 cm³/mol. The van der Waals surface area contributed by atoms with Crippen molar-refractivity contribution in [3.8, 4) is 0 Å². The quantitative estimate of drug-likeness (QED) is 0.736. The van der Waals surface area contributed by atoms with E-state index in [0.29, 0.717) is 16.9 Å². The fraction of sp³-hybridized carbons (Fsp3) is 0.250. The van der Waals surface area contributed by atoms with Crippen LogP contribution in [0.25, 0.3) is 11.2 Å². The summed E-state index contributed by atoms with van der Waals surface area (Å²) in [5, 5.41) is 8.67. The number of carbonyl (C=O) groups is 1. The molecule has 2 aromatic rings. The molecule has 2 rings (SSSR count). The molecule has 9 heteroatoms. The number of nitrogens with two attached hydrogens (primary N) is 1. The third-order valence-electron chi connectivity index (χ3n) is 2.02. The van der Waals surface area contributed by atoms with E-state index in [1.54, 1.807) is 0 Å². The van der Waals surface area contributed by atoms with Crippen LogP contribution in [0.2, 0.25) is 0 Å². The average molecular weight is 280 g/mol. The Morgan fingerprint density at radius 2 is 2.12 bits per heavy atom. The van der Waals surface area contributed by atoms with Crippen LogP contribution in [0.3, 0.4) is 0 Å². The smallest absolute Gasteiger partial charge is 0.320 e. The molecule has 4 N–H and O–H groups in total. The predicted octanol–water partition coefficient (Wildman–Crippen LogP) is 0.151. The SMILES string of the molecule is Cl.Cl.N[C@H](Cc1ncnc2[nH]cnc12)C(=O)O. The van der Waals surface area contributed by atoms with Gasteiger partial charge in [-0.2, -0.15) is 0 Å². The van der Waals surface area contributed by atoms with Crippen molar-refractivity contribution in [1.29, 1.82) is 0 Å². The van der Waals surface area contributed by atoms with Gasteiger partial charge in [-0.15, -0.1) is 24.8 Å². The first-order valence-electron chi connectivity index (χ1n) is 4.30. The fourth-order valence-corrected chi connectivity index (χ4v) is 1.26. The van der Waals surface area contributed by atoms with Gasteiger partial charge in [0.05, 0.1) is 12.0 Å². The van der Waals surface area contributed by atoms with Gasteiger partial charge in [-0.05, 0) is 0 Å². The van der Waals surface area contributed by atoms with Crippen LogP contribution in [0.1, 0.15) is 5.69 Å². The molecule has 1 atom stereocenters. The largest absolute Gasteiger partial charge is 0.480 e. The number of H-pyrrole nitrogens is 1. The molecule has 94 valence electrons. The van der Waals surface area contributed by atoms with Gasteiger partial charge in [-0.1, -0.05) is 0 Å². The van der Waals surface area contributed by atoms with Crippen LogP contribution < -0.4 is 5.73 Å². The molecule has 0 aliphatic carbocycles. The maximum Gasteiger partial charge on any atom is 0.320 e. The van der Waals surface area contributed by atoms with E-state index in [-0.39, 0.29) is 31.2 Å². The highest BCUT2D eigenvalue weighted by Gasteiger charge is 2.15. The maximum atomic E-state index is 10.6. The van der Waals surface area contributed by atoms with Crippen molar-refractivity contribution >= 4 is 41.9 Å². The van der Waals surface area contributed by atoms with Gasteiger partial charge >= 0.3 is 5.97 Å². The molecule has 0 saturated heterocycles. The van der Waals surface area contributed by atoms with Crippen molar-refractivity contribution in [1.82, 2.24) is 19.9 Å². The van der Waals surface area contributed by atoms with Gasteiger partial charge in [0.1, 0.15) is 17.9 Å². The molecule has 2 heterocycles. The Hall–Kier alpha value is -1.44. The van der Waals surface area contributed by atoms with Crippen molar-refractivity contribution in [3.63, 3.8) is 0 Å². The molecule has 0 spiro atoms. The standard InChI is InChI=1S/C8H9N5O2.2ClH/c9-4(8(14)15)1-5-6-7(12-2-10-5)13-3-11-6;;/h2-4H,1,9H2,(H,14,15)(H,10,11,12,13);2*1H/t4-;;/m1../s1. The molecular weight excluding hydrogens is 269 g/mol. The van der Waals surface area contributed by atoms with Crippen LogP contribution in [-0.4, -0.2) is 37.1 Å². The summed E-state index contributed by atoms with van der Waals surface area (Å²) in [6.45, 7) is 0. The van der Waals surface area contributed by atoms with E-state index < -0.39 is 12.0 Å². The Bertz CT molecular complexity index is 503. The van der Waals surface area contributed by atoms with E-state index in [2.05, 4.69) is 19.9 Å². The molecule has 0 aliphatic rings. The summed E-state index contributed by atoms with van der Waals surface area (Å²) in [6.07, 6.45) is 2.97. The lowest BCUT2D eigenvalue weighted by Gasteiger charge is -2.04. The highest BCUT2D eigenvalue weighted by Crippen LogP contribution is 2.10. The lowest BCUT2D eigenvalue weighted by Crippen LogP contribution is -2.32. The van der Waals surface area contributed by atoms with Crippen molar-refractivity contribution in [2.24, 2.45) is 5.73 Å². The van der Waals surface area contributed by atoms with Crippen LogP contribution in [-0.2, 0) is 11.2 Å². The van der Waals surface area contributed by atoms with Gasteiger partial charge < -0.3 is 15.8 Å². The summed E-state index contributed by atoms with van der Waals surface area (Å²) in [7, 11) is 0. The first-order valence-corrected chi connectivity index (χ1v) is 4.30. The monoisotopic (exact) mass is 279 g/mol. The second-order valence-electron chi connectivity index (χ2n) is 3.07. The molecule has 0 aromatic carbocycles. The number of aromatic amines is 1. The number of hydrogen-bond donors (Lipinski definition) is 3. The molecular formula is C8H11Cl2N5O2. The Balaban J connectivity index is 0.00000128. The van der Waals surface area contributed by atoms with E-state index >= 15 is 0 Å². The zero-order chi connectivity index (χ0) is 10.8. The first kappa shape index (κ1) is 15.6. The highest BCUT2D eigenvalue weighted by molar-refractivity contribution is 5.85. The second-order valence-corrected chi connectivity index (χ2v) is 3.07. The van der Waals surface area contributed by atoms with Gasteiger partial charge in [0.2, 0.25) is 0 Å². The summed E-state index contributed by atoms with van der Waals surface area (Å²) < 4.78 is 0. The Kier molecular flexibility index (Phi) is 5.80. The minimum atomic E-state index is -1.06. The summed E-state index contributed by atoms with van der Waals surface area (Å²) in [5.74, 6) is -1.06. The molecule has 0 amide bonds. The highest BCUT2D eigenvalue weighted by atomic mass is 35.5. The third kappa shape index (κ3) is 3.26. The number of imidazole rings is 1. The number of carboxylic acid groups (broad SMARTS) is 1. The zero-order valence-electron chi connectivity index (χ0n) is 8.53. The summed E-state index contributed by atoms with van der Waals surface area (Å²) in [6, 6.07) is -0.972. The molecule has 7 nitrogen and oxygen atoms in total. The van der Waals surface area contributed by atoms with Crippen molar-refractivity contribution in [2.75, 3.05) is 0 Å². The molecule has 0 bridgehead atoms. The maximum absolute atomic E-state index is 10.6. The molecule has 0 unspecified atom stereocenters. The number of aromatic nitrogens is 4. The van der Waals surface area contributed by atoms with E-state index in [9.17, 15) is 4.79 Å². The summed E-state index contributed by atoms with van der Waals surface area (Å²) in [4.78, 5) is 25.3. The van der Waals surface area contributed by atoms with Crippen LogP contribution in [0.15, 0.2) is 12.7 Å². The van der Waals surface area contributed by atoms with Crippen LogP contribution in [0, 0.1) is 0 Å². The van der Waals surface area contributed by atoms with Crippen molar-refractivity contribution in [3.05, 3.63) is 18.3 Å². The number of hydrogen-bond acceptors (Lipinski definition) is 5. The third-order valence-corrected chi connectivity index (χ3v) is 2.02. The van der Waals surface area contributed by atoms with E-state index in [1.807, 2.05) is 0 Å². The van der Waals surface area contributed by atoms with Crippen LogP contribution in [0.5, 0.6) is 0 Å². The normalized spacial score (nSPS) is 11.4. The molecule has 0 aliphatic heterocycles. The molecule has 0 fully saturated rings. The molecule has 2 aromatic heterocycles. The van der Waals surface area contributed by atoms with E-state index in [1.165, 1.54) is 12.7 Å². The first-order chi connectivity index (χ1) is 7.18. The van der Waals surface area contributed by atoms with Gasteiger partial charge in [-0.25, -0.2) is 15.0 Å². The number of halogens is 2. The minimum absolute atomic E-state index is 0. The van der Waals surface area contributed by atoms with Crippen LogP contribution >= 0.6 is 24.8 Å². The number of rotatable bonds is 3. The lowest BCUT2D eigenvalue weighted by atomic mass is 10.1. The van der Waals surface area contributed by atoms with E-state index in [0.717, 1.165) is 0 Å². The molecule has 0 saturated carbocycles. The summed E-state index contributed by atoms with van der Waals surface area (Å²) in [5.41, 5.74) is 7.09. The minimum Gasteiger partial charge on any atom is -0.480 e. The van der Waals surface area contributed by atoms with E-state index in [4.69, 9.17) is 10.8 Å². The van der Waals surface area contributed by atoms with Gasteiger partial charge in [0.15, 0.2) is 5.65 Å². The Labute approximate surface area is 109 Å². The number of aliphatic carboxylic acids is 1. The molecule has 0 radical (unpaired) electrons. The second kappa shape index (κ2) is 6.33. The Morgan fingerprint density at radius 1 is 1.41 bits per heavy atom. The number of nitrogens with one attached hydrogen (secondary N) is 1. The number of nitrogens with zero attached hydrogens (tertiary/aromatic N) is 3. The average Bonchev–Trinajstić information content (AvgIpc) is 2.66. The van der Waals surface area contributed by atoms with Crippen molar-refractivity contribution in [2.45, 2.75) is 12.5 Å². The topological polar surface area (TPSA) is 118 Å².